The molecule has 0 saturated heterocycles. The number of nitrogens with one attached hydrogen (secondary N) is 1. The predicted molar refractivity (Wildman–Crippen MR) is 115 cm³/mol. The van der Waals surface area contributed by atoms with Crippen LogP contribution >= 0.6 is 0 Å². The van der Waals surface area contributed by atoms with Crippen molar-refractivity contribution in [2.24, 2.45) is 0 Å². The van der Waals surface area contributed by atoms with Crippen LogP contribution in [0.15, 0.2) is 48.5 Å². The summed E-state index contributed by atoms with van der Waals surface area (Å²) in [5, 5.41) is 11.8. The zero-order chi connectivity index (χ0) is 20.2. The number of fused-ring (bicyclic) bond motifs is 1. The maximum Gasteiger partial charge on any atom is 0.326 e. The van der Waals surface area contributed by atoms with Crippen molar-refractivity contribution in [2.45, 2.75) is 52.6 Å². The fraction of sp³-hybridized carbons (Fsp3) is 0.348. The third-order valence-corrected chi connectivity index (χ3v) is 5.38. The molecule has 0 saturated carbocycles. The molecule has 0 aliphatic carbocycles. The van der Waals surface area contributed by atoms with Crippen LogP contribution in [0.4, 0.5) is 16.2 Å². The maximum atomic E-state index is 13.2. The number of benzene rings is 2. The quantitative estimate of drug-likeness (QED) is 0.693. The fourth-order valence-corrected chi connectivity index (χ4v) is 3.64. The first-order valence-corrected chi connectivity index (χ1v) is 10.2. The molecule has 2 amide bonds. The Morgan fingerprint density at radius 3 is 2.38 bits per heavy atom. The molecule has 29 heavy (non-hydrogen) atoms. The molecule has 6 nitrogen and oxygen atoms in total. The van der Waals surface area contributed by atoms with E-state index < -0.39 is 0 Å². The van der Waals surface area contributed by atoms with Crippen LogP contribution in [-0.2, 0) is 19.5 Å². The molecule has 4 rings (SSSR count). The lowest BCUT2D eigenvalue weighted by Crippen LogP contribution is -2.35. The average molecular weight is 390 g/mol. The van der Waals surface area contributed by atoms with Crippen molar-refractivity contribution in [3.8, 4) is 0 Å². The molecule has 0 unspecified atom stereocenters. The van der Waals surface area contributed by atoms with Crippen LogP contribution in [0.2, 0.25) is 0 Å². The number of carbonyl (C=O) groups excluding carboxylic acids is 1. The Kier molecular flexibility index (Phi) is 5.60. The first-order valence-electron chi connectivity index (χ1n) is 10.2. The van der Waals surface area contributed by atoms with Gasteiger partial charge in [0.2, 0.25) is 0 Å². The number of anilines is 2. The second-order valence-corrected chi connectivity index (χ2v) is 7.71. The zero-order valence-corrected chi connectivity index (χ0v) is 17.1. The van der Waals surface area contributed by atoms with Crippen LogP contribution in [-0.4, -0.2) is 20.8 Å². The van der Waals surface area contributed by atoms with Gasteiger partial charge in [0.05, 0.1) is 6.54 Å². The number of aryl methyl sites for hydroxylation is 3. The molecular weight excluding hydrogens is 362 g/mol. The van der Waals surface area contributed by atoms with Gasteiger partial charge < -0.3 is 9.88 Å². The van der Waals surface area contributed by atoms with E-state index in [4.69, 9.17) is 0 Å². The number of nitrogens with zero attached hydrogens (tertiary/aromatic N) is 4. The minimum Gasteiger partial charge on any atom is -0.313 e. The van der Waals surface area contributed by atoms with E-state index in [1.165, 1.54) is 6.42 Å². The summed E-state index contributed by atoms with van der Waals surface area (Å²) in [5.74, 6) is 1.86. The van der Waals surface area contributed by atoms with Gasteiger partial charge >= 0.3 is 6.03 Å². The van der Waals surface area contributed by atoms with E-state index in [0.29, 0.717) is 6.54 Å². The second-order valence-electron chi connectivity index (χ2n) is 7.71. The van der Waals surface area contributed by atoms with Crippen molar-refractivity contribution in [3.05, 3.63) is 71.3 Å². The molecular formula is C23H27N5O. The Labute approximate surface area is 171 Å². The number of aromatic nitrogens is 3. The van der Waals surface area contributed by atoms with Crippen LogP contribution in [0, 0.1) is 13.8 Å². The molecule has 2 aromatic carbocycles. The smallest absolute Gasteiger partial charge is 0.313 e. The van der Waals surface area contributed by atoms with E-state index in [1.54, 1.807) is 4.90 Å². The van der Waals surface area contributed by atoms with Crippen molar-refractivity contribution in [1.82, 2.24) is 14.8 Å². The summed E-state index contributed by atoms with van der Waals surface area (Å²) < 4.78 is 2.19. The van der Waals surface area contributed by atoms with E-state index in [2.05, 4.69) is 20.1 Å². The normalized spacial score (nSPS) is 13.4. The van der Waals surface area contributed by atoms with Crippen LogP contribution in [0.1, 0.15) is 42.0 Å². The second kappa shape index (κ2) is 8.47. The molecule has 6 heteroatoms. The summed E-state index contributed by atoms with van der Waals surface area (Å²) in [6, 6.07) is 15.6. The van der Waals surface area contributed by atoms with E-state index in [1.807, 2.05) is 62.4 Å². The molecule has 0 atom stereocenters. The highest BCUT2D eigenvalue weighted by molar-refractivity contribution is 6.01. The molecule has 0 bridgehead atoms. The summed E-state index contributed by atoms with van der Waals surface area (Å²) in [4.78, 5) is 14.9. The Morgan fingerprint density at radius 1 is 0.966 bits per heavy atom. The molecule has 150 valence electrons. The van der Waals surface area contributed by atoms with Gasteiger partial charge in [0.25, 0.3) is 0 Å². The molecule has 1 aromatic heterocycles. The van der Waals surface area contributed by atoms with Crippen LogP contribution in [0.3, 0.4) is 0 Å². The molecule has 0 spiro atoms. The molecule has 0 fully saturated rings. The van der Waals surface area contributed by atoms with Gasteiger partial charge in [0.15, 0.2) is 5.82 Å². The fourth-order valence-electron chi connectivity index (χ4n) is 3.64. The summed E-state index contributed by atoms with van der Waals surface area (Å²) in [6.07, 6.45) is 4.43. The summed E-state index contributed by atoms with van der Waals surface area (Å²) in [5.41, 5.74) is 3.93. The Balaban J connectivity index is 1.62. The molecule has 1 N–H and O–H groups in total. The minimum absolute atomic E-state index is 0.177. The molecule has 2 heterocycles. The molecule has 3 aromatic rings. The lowest BCUT2D eigenvalue weighted by Gasteiger charge is -2.23. The highest BCUT2D eigenvalue weighted by atomic mass is 16.2. The standard InChI is InChI=1S/C23H27N5O/c1-17-7-11-19(12-8-17)24-23(29)28(20-13-9-18(2)10-14-20)16-22-26-25-21-6-4-3-5-15-27(21)22/h7-14H,3-6,15-16H2,1-2H3,(H,24,29). The zero-order valence-electron chi connectivity index (χ0n) is 17.1. The van der Waals surface area contributed by atoms with Crippen LogP contribution in [0.25, 0.3) is 0 Å². The summed E-state index contributed by atoms with van der Waals surface area (Å²) in [6.45, 7) is 5.37. The third kappa shape index (κ3) is 4.47. The lowest BCUT2D eigenvalue weighted by molar-refractivity contribution is 0.256. The van der Waals surface area contributed by atoms with Gasteiger partial charge in [-0.15, -0.1) is 10.2 Å². The monoisotopic (exact) mass is 389 g/mol. The number of amides is 2. The van der Waals surface area contributed by atoms with Gasteiger partial charge in [-0.05, 0) is 51.0 Å². The van der Waals surface area contributed by atoms with Crippen molar-refractivity contribution in [2.75, 3.05) is 10.2 Å². The van der Waals surface area contributed by atoms with Gasteiger partial charge in [0, 0.05) is 24.3 Å². The van der Waals surface area contributed by atoms with Crippen molar-refractivity contribution >= 4 is 17.4 Å². The van der Waals surface area contributed by atoms with Gasteiger partial charge in [0.1, 0.15) is 5.82 Å². The van der Waals surface area contributed by atoms with E-state index in [0.717, 1.165) is 60.0 Å². The summed E-state index contributed by atoms with van der Waals surface area (Å²) >= 11 is 0. The van der Waals surface area contributed by atoms with E-state index >= 15 is 0 Å². The highest BCUT2D eigenvalue weighted by Crippen LogP contribution is 2.22. The lowest BCUT2D eigenvalue weighted by atomic mass is 10.2. The SMILES string of the molecule is Cc1ccc(NC(=O)N(Cc2nnc3n2CCCCC3)c2ccc(C)cc2)cc1. The molecule has 0 radical (unpaired) electrons. The first-order chi connectivity index (χ1) is 14.1. The molecule has 1 aliphatic heterocycles. The average Bonchev–Trinajstić information content (AvgIpc) is 2.94. The topological polar surface area (TPSA) is 63.1 Å². The van der Waals surface area contributed by atoms with Crippen LogP contribution in [0.5, 0.6) is 0 Å². The predicted octanol–water partition coefficient (Wildman–Crippen LogP) is 4.86. The number of hydrogen-bond donors (Lipinski definition) is 1. The number of rotatable bonds is 4. The molecule has 1 aliphatic rings. The van der Waals surface area contributed by atoms with Gasteiger partial charge in [-0.25, -0.2) is 4.79 Å². The third-order valence-electron chi connectivity index (χ3n) is 5.38. The Morgan fingerprint density at radius 2 is 1.66 bits per heavy atom. The Bertz CT molecular complexity index is 976. The first kappa shape index (κ1) is 19.2. The number of hydrogen-bond acceptors (Lipinski definition) is 3. The van der Waals surface area contributed by atoms with Gasteiger partial charge in [-0.1, -0.05) is 41.8 Å². The van der Waals surface area contributed by atoms with Gasteiger partial charge in [-0.2, -0.15) is 0 Å². The van der Waals surface area contributed by atoms with E-state index in [-0.39, 0.29) is 6.03 Å². The van der Waals surface area contributed by atoms with Crippen molar-refractivity contribution < 1.29 is 4.79 Å². The van der Waals surface area contributed by atoms with Crippen LogP contribution < -0.4 is 10.2 Å². The van der Waals surface area contributed by atoms with Crippen molar-refractivity contribution in [1.29, 1.82) is 0 Å². The largest absolute Gasteiger partial charge is 0.326 e. The number of carbonyl (C=O) groups is 1. The van der Waals surface area contributed by atoms with Gasteiger partial charge in [-0.3, -0.25) is 4.90 Å². The highest BCUT2D eigenvalue weighted by Gasteiger charge is 2.22. The Hall–Kier alpha value is -3.15. The number of urea groups is 1. The maximum absolute atomic E-state index is 13.2. The van der Waals surface area contributed by atoms with E-state index in [9.17, 15) is 4.79 Å². The van der Waals surface area contributed by atoms with Crippen molar-refractivity contribution in [3.63, 3.8) is 0 Å². The minimum atomic E-state index is -0.177. The summed E-state index contributed by atoms with van der Waals surface area (Å²) in [7, 11) is 0.